The summed E-state index contributed by atoms with van der Waals surface area (Å²) >= 11 is 0. The zero-order valence-corrected chi connectivity index (χ0v) is 12.5. The van der Waals surface area contributed by atoms with Crippen LogP contribution in [0.1, 0.15) is 49.6 Å². The number of carboxylic acids is 1. The van der Waals surface area contributed by atoms with E-state index >= 15 is 0 Å². The van der Waals surface area contributed by atoms with E-state index in [1.807, 2.05) is 13.8 Å². The summed E-state index contributed by atoms with van der Waals surface area (Å²) in [5, 5.41) is 25.2. The van der Waals surface area contributed by atoms with Crippen molar-refractivity contribution >= 4 is 5.97 Å². The predicted octanol–water partition coefficient (Wildman–Crippen LogP) is 1.55. The van der Waals surface area contributed by atoms with Gasteiger partial charge in [-0.3, -0.25) is 4.90 Å². The summed E-state index contributed by atoms with van der Waals surface area (Å²) in [7, 11) is 0. The van der Waals surface area contributed by atoms with Gasteiger partial charge in [0.1, 0.15) is 0 Å². The van der Waals surface area contributed by atoms with E-state index in [0.717, 1.165) is 38.9 Å². The van der Waals surface area contributed by atoms with Gasteiger partial charge in [0, 0.05) is 13.1 Å². The number of carbonyl (C=O) groups is 1. The van der Waals surface area contributed by atoms with Crippen LogP contribution in [0.2, 0.25) is 0 Å². The first-order valence-corrected chi connectivity index (χ1v) is 7.20. The highest BCUT2D eigenvalue weighted by molar-refractivity contribution is 5.84. The number of rotatable bonds is 7. The van der Waals surface area contributed by atoms with E-state index < -0.39 is 5.97 Å². The van der Waals surface area contributed by atoms with Crippen LogP contribution in [-0.2, 0) is 0 Å². The van der Waals surface area contributed by atoms with Crippen molar-refractivity contribution in [2.24, 2.45) is 5.41 Å². The minimum absolute atomic E-state index is 0.00724. The molecule has 21 heavy (non-hydrogen) atoms. The summed E-state index contributed by atoms with van der Waals surface area (Å²) in [5.41, 5.74) is -0.238. The van der Waals surface area contributed by atoms with Crippen molar-refractivity contribution in [2.75, 3.05) is 19.6 Å². The van der Waals surface area contributed by atoms with Crippen molar-refractivity contribution in [2.45, 2.75) is 39.2 Å². The summed E-state index contributed by atoms with van der Waals surface area (Å²) in [6.07, 6.45) is 4.54. The monoisotopic (exact) mass is 291 g/mol. The first-order chi connectivity index (χ1) is 9.91. The maximum Gasteiger partial charge on any atom is 0.358 e. The zero-order valence-electron chi connectivity index (χ0n) is 12.5. The fraction of sp³-hybridized carbons (Fsp3) is 0.714. The molecule has 0 atom stereocenters. The van der Waals surface area contributed by atoms with Gasteiger partial charge in [0.25, 0.3) is 0 Å². The zero-order chi connectivity index (χ0) is 15.5. The number of aromatic carboxylic acids is 1. The molecule has 114 valence electrons. The molecule has 1 fully saturated rings. The molecular formula is C14H21N5O2. The summed E-state index contributed by atoms with van der Waals surface area (Å²) in [5.74, 6) is -1.04. The number of aromatic nitrogens is 3. The maximum atomic E-state index is 10.7. The Balaban J connectivity index is 1.65. The maximum absolute atomic E-state index is 10.7. The van der Waals surface area contributed by atoms with Crippen LogP contribution in [0, 0.1) is 16.7 Å². The molecule has 0 radical (unpaired) electrons. The molecule has 0 aliphatic carbocycles. The second-order valence-corrected chi connectivity index (χ2v) is 6.26. The van der Waals surface area contributed by atoms with Gasteiger partial charge >= 0.3 is 5.97 Å². The summed E-state index contributed by atoms with van der Waals surface area (Å²) in [6, 6.07) is 2.54. The molecule has 0 saturated carbocycles. The molecule has 0 aromatic carbocycles. The standard InChI is InChI=1S/C14H21N5O2/c1-14(2,10-15)5-3-4-6-18-7-11(8-18)19-9-12(13(20)21)16-17-19/h9,11H,3-8H2,1-2H3,(H,20,21). The van der Waals surface area contributed by atoms with Crippen LogP contribution >= 0.6 is 0 Å². The molecule has 1 aromatic heterocycles. The van der Waals surface area contributed by atoms with Gasteiger partial charge in [0.15, 0.2) is 5.69 Å². The van der Waals surface area contributed by atoms with Crippen LogP contribution in [0.3, 0.4) is 0 Å². The lowest BCUT2D eigenvalue weighted by Gasteiger charge is -2.39. The Bertz CT molecular complexity index is 540. The number of nitriles is 1. The number of unbranched alkanes of at least 4 members (excludes halogenated alkanes) is 1. The van der Waals surface area contributed by atoms with Crippen molar-refractivity contribution in [3.8, 4) is 6.07 Å². The van der Waals surface area contributed by atoms with E-state index in [1.54, 1.807) is 4.68 Å². The molecule has 1 aliphatic rings. The molecular weight excluding hydrogens is 270 g/mol. The van der Waals surface area contributed by atoms with Crippen molar-refractivity contribution < 1.29 is 9.90 Å². The summed E-state index contributed by atoms with van der Waals surface area (Å²) in [4.78, 5) is 13.1. The number of carboxylic acid groups (broad SMARTS) is 1. The van der Waals surface area contributed by atoms with Crippen LogP contribution in [-0.4, -0.2) is 50.6 Å². The highest BCUT2D eigenvalue weighted by Gasteiger charge is 2.29. The summed E-state index contributed by atoms with van der Waals surface area (Å²) < 4.78 is 1.64. The minimum atomic E-state index is -1.04. The van der Waals surface area contributed by atoms with E-state index in [2.05, 4.69) is 21.3 Å². The van der Waals surface area contributed by atoms with Crippen molar-refractivity contribution in [1.82, 2.24) is 19.9 Å². The SMILES string of the molecule is CC(C)(C#N)CCCCN1CC(n2cc(C(=O)O)nn2)C1. The average molecular weight is 291 g/mol. The Labute approximate surface area is 124 Å². The Morgan fingerprint density at radius 3 is 2.81 bits per heavy atom. The largest absolute Gasteiger partial charge is 0.476 e. The molecule has 0 amide bonds. The van der Waals surface area contributed by atoms with Crippen LogP contribution in [0.25, 0.3) is 0 Å². The molecule has 0 bridgehead atoms. The van der Waals surface area contributed by atoms with E-state index in [1.165, 1.54) is 6.20 Å². The lowest BCUT2D eigenvalue weighted by Crippen LogP contribution is -2.48. The smallest absolute Gasteiger partial charge is 0.358 e. The fourth-order valence-corrected chi connectivity index (χ4v) is 2.40. The number of nitrogens with zero attached hydrogens (tertiary/aromatic N) is 5. The number of hydrogen-bond acceptors (Lipinski definition) is 5. The quantitative estimate of drug-likeness (QED) is 0.766. The molecule has 1 N–H and O–H groups in total. The van der Waals surface area contributed by atoms with Crippen LogP contribution in [0.15, 0.2) is 6.20 Å². The molecule has 1 aliphatic heterocycles. The third kappa shape index (κ3) is 4.02. The van der Waals surface area contributed by atoms with Gasteiger partial charge in [0.2, 0.25) is 0 Å². The highest BCUT2D eigenvalue weighted by atomic mass is 16.4. The van der Waals surface area contributed by atoms with E-state index in [4.69, 9.17) is 10.4 Å². The average Bonchev–Trinajstić information content (AvgIpc) is 2.85. The minimum Gasteiger partial charge on any atom is -0.476 e. The van der Waals surface area contributed by atoms with E-state index in [-0.39, 0.29) is 17.2 Å². The van der Waals surface area contributed by atoms with E-state index in [9.17, 15) is 4.79 Å². The van der Waals surface area contributed by atoms with Gasteiger partial charge in [-0.05, 0) is 33.2 Å². The van der Waals surface area contributed by atoms with Crippen molar-refractivity contribution in [3.63, 3.8) is 0 Å². The topological polar surface area (TPSA) is 95.0 Å². The lowest BCUT2D eigenvalue weighted by atomic mass is 9.89. The highest BCUT2D eigenvalue weighted by Crippen LogP contribution is 2.24. The molecule has 7 heteroatoms. The second-order valence-electron chi connectivity index (χ2n) is 6.26. The molecule has 2 rings (SSSR count). The van der Waals surface area contributed by atoms with Crippen LogP contribution in [0.5, 0.6) is 0 Å². The molecule has 0 spiro atoms. The Hall–Kier alpha value is -1.94. The number of hydrogen-bond donors (Lipinski definition) is 1. The van der Waals surface area contributed by atoms with Crippen LogP contribution in [0.4, 0.5) is 0 Å². The predicted molar refractivity (Wildman–Crippen MR) is 75.7 cm³/mol. The van der Waals surface area contributed by atoms with Gasteiger partial charge in [-0.15, -0.1) is 5.10 Å². The molecule has 7 nitrogen and oxygen atoms in total. The van der Waals surface area contributed by atoms with Gasteiger partial charge in [-0.2, -0.15) is 5.26 Å². The lowest BCUT2D eigenvalue weighted by molar-refractivity contribution is 0.0690. The van der Waals surface area contributed by atoms with Gasteiger partial charge in [-0.25, -0.2) is 9.48 Å². The molecule has 2 heterocycles. The van der Waals surface area contributed by atoms with Crippen LogP contribution < -0.4 is 0 Å². The molecule has 1 aromatic rings. The summed E-state index contributed by atoms with van der Waals surface area (Å²) in [6.45, 7) is 6.71. The number of likely N-dealkylation sites (tertiary alicyclic amines) is 1. The Morgan fingerprint density at radius 1 is 1.52 bits per heavy atom. The second kappa shape index (κ2) is 6.22. The first kappa shape index (κ1) is 15.4. The molecule has 0 unspecified atom stereocenters. The van der Waals surface area contributed by atoms with Gasteiger partial charge < -0.3 is 5.11 Å². The third-order valence-electron chi connectivity index (χ3n) is 3.87. The van der Waals surface area contributed by atoms with E-state index in [0.29, 0.717) is 0 Å². The normalized spacial score (nSPS) is 16.4. The Kier molecular flexibility index (Phi) is 4.58. The first-order valence-electron chi connectivity index (χ1n) is 7.20. The van der Waals surface area contributed by atoms with Crippen molar-refractivity contribution in [3.05, 3.63) is 11.9 Å². The molecule has 1 saturated heterocycles. The fourth-order valence-electron chi connectivity index (χ4n) is 2.40. The van der Waals surface area contributed by atoms with Gasteiger partial charge in [0.05, 0.1) is 23.7 Å². The third-order valence-corrected chi connectivity index (χ3v) is 3.87. The Morgan fingerprint density at radius 2 is 2.24 bits per heavy atom. The van der Waals surface area contributed by atoms with Gasteiger partial charge in [-0.1, -0.05) is 11.6 Å². The van der Waals surface area contributed by atoms with Crippen molar-refractivity contribution in [1.29, 1.82) is 5.26 Å².